The minimum atomic E-state index is -5.13. The zero-order valence-corrected chi connectivity index (χ0v) is 17.2. The monoisotopic (exact) mass is 442 g/mol. The molecule has 0 aliphatic carbocycles. The average molecular weight is 442 g/mol. The van der Waals surface area contributed by atoms with Crippen molar-refractivity contribution in [2.24, 2.45) is 0 Å². The quantitative estimate of drug-likeness (QED) is 0.451. The van der Waals surface area contributed by atoms with E-state index in [1.165, 1.54) is 7.11 Å². The van der Waals surface area contributed by atoms with Crippen molar-refractivity contribution in [3.8, 4) is 5.75 Å². The van der Waals surface area contributed by atoms with E-state index in [2.05, 4.69) is 0 Å². The Balaban J connectivity index is 1.94. The van der Waals surface area contributed by atoms with Gasteiger partial charge in [-0.25, -0.2) is 4.79 Å². The van der Waals surface area contributed by atoms with Gasteiger partial charge in [0.15, 0.2) is 0 Å². The second-order valence-electron chi connectivity index (χ2n) is 6.81. The molecule has 1 unspecified atom stereocenters. The number of benzene rings is 3. The molecule has 7 heteroatoms. The second-order valence-corrected chi connectivity index (χ2v) is 8.06. The number of halogens is 3. The lowest BCUT2D eigenvalue weighted by atomic mass is 9.93. The van der Waals surface area contributed by atoms with Crippen molar-refractivity contribution < 1.29 is 27.4 Å². The molecule has 31 heavy (non-hydrogen) atoms. The normalized spacial score (nSPS) is 18.0. The lowest BCUT2D eigenvalue weighted by Crippen LogP contribution is -2.36. The second kappa shape index (κ2) is 8.15. The third kappa shape index (κ3) is 4.18. The zero-order chi connectivity index (χ0) is 22.1. The maximum atomic E-state index is 13.2. The fourth-order valence-corrected chi connectivity index (χ4v) is 4.67. The van der Waals surface area contributed by atoms with Crippen molar-refractivity contribution in [3.05, 3.63) is 102 Å². The highest BCUT2D eigenvalue weighted by molar-refractivity contribution is 8.00. The number of methoxy groups -OCH3 is 1. The smallest absolute Gasteiger partial charge is 0.490 e. The molecule has 0 fully saturated rings. The Morgan fingerprint density at radius 2 is 1.55 bits per heavy atom. The van der Waals surface area contributed by atoms with E-state index >= 15 is 0 Å². The standard InChI is InChI=1S/C24H17F3O3S/c1-29-18-13-11-17(12-14-18)23(30-22(28)24(25,26)27)15-20(16-7-3-2-4-8-16)19-9-5-6-10-21(19)31-23/h2-15H,1H3. The fourth-order valence-electron chi connectivity index (χ4n) is 3.37. The summed E-state index contributed by atoms with van der Waals surface area (Å²) in [5, 5.41) is 0. The molecule has 1 aliphatic rings. The number of alkyl halides is 3. The molecule has 0 saturated heterocycles. The van der Waals surface area contributed by atoms with Gasteiger partial charge in [0, 0.05) is 10.5 Å². The average Bonchev–Trinajstić information content (AvgIpc) is 2.78. The van der Waals surface area contributed by atoms with E-state index in [-0.39, 0.29) is 0 Å². The minimum Gasteiger partial charge on any atom is -0.497 e. The SMILES string of the molecule is COc1ccc(C2(OC(=O)C(F)(F)F)C=C(c3ccccc3)c3ccccc3S2)cc1. The van der Waals surface area contributed by atoms with E-state index in [9.17, 15) is 18.0 Å². The summed E-state index contributed by atoms with van der Waals surface area (Å²) in [6, 6.07) is 23.1. The van der Waals surface area contributed by atoms with E-state index in [1.807, 2.05) is 42.5 Å². The summed E-state index contributed by atoms with van der Waals surface area (Å²) < 4.78 is 50.0. The van der Waals surface area contributed by atoms with Gasteiger partial charge in [0.05, 0.1) is 7.11 Å². The van der Waals surface area contributed by atoms with Crippen LogP contribution >= 0.6 is 11.8 Å². The van der Waals surface area contributed by atoms with Crippen LogP contribution in [0.4, 0.5) is 13.2 Å². The molecule has 1 atom stereocenters. The van der Waals surface area contributed by atoms with Crippen molar-refractivity contribution in [1.29, 1.82) is 0 Å². The number of esters is 1. The van der Waals surface area contributed by atoms with Crippen LogP contribution in [-0.2, 0) is 14.5 Å². The van der Waals surface area contributed by atoms with Gasteiger partial charge < -0.3 is 9.47 Å². The molecule has 0 aromatic heterocycles. The predicted octanol–water partition coefficient (Wildman–Crippen LogP) is 6.19. The van der Waals surface area contributed by atoms with Crippen LogP contribution in [0.1, 0.15) is 16.7 Å². The number of carbonyl (C=O) groups excluding carboxylic acids is 1. The number of hydrogen-bond donors (Lipinski definition) is 0. The maximum Gasteiger partial charge on any atom is 0.490 e. The summed E-state index contributed by atoms with van der Waals surface area (Å²) in [6.45, 7) is 0. The van der Waals surface area contributed by atoms with Gasteiger partial charge in [-0.05, 0) is 41.0 Å². The van der Waals surface area contributed by atoms with E-state index in [0.29, 0.717) is 21.8 Å². The number of thioether (sulfide) groups is 1. The molecule has 4 rings (SSSR count). The van der Waals surface area contributed by atoms with E-state index in [0.717, 1.165) is 22.9 Å². The van der Waals surface area contributed by atoms with Crippen molar-refractivity contribution >= 4 is 23.3 Å². The van der Waals surface area contributed by atoms with E-state index in [1.54, 1.807) is 42.5 Å². The number of ether oxygens (including phenoxy) is 2. The Hall–Kier alpha value is -3.19. The van der Waals surface area contributed by atoms with Crippen LogP contribution in [0.3, 0.4) is 0 Å². The first-order valence-electron chi connectivity index (χ1n) is 9.34. The van der Waals surface area contributed by atoms with Crippen LogP contribution in [0.2, 0.25) is 0 Å². The number of fused-ring (bicyclic) bond motifs is 1. The lowest BCUT2D eigenvalue weighted by molar-refractivity contribution is -0.205. The minimum absolute atomic E-state index is 0.388. The summed E-state index contributed by atoms with van der Waals surface area (Å²) in [5.41, 5.74) is 2.72. The van der Waals surface area contributed by atoms with E-state index in [4.69, 9.17) is 9.47 Å². The molecule has 0 radical (unpaired) electrons. The topological polar surface area (TPSA) is 35.5 Å². The van der Waals surface area contributed by atoms with Crippen molar-refractivity contribution in [1.82, 2.24) is 0 Å². The Bertz CT molecular complexity index is 1120. The summed E-state index contributed by atoms with van der Waals surface area (Å²) in [6.07, 6.45) is -3.54. The molecule has 0 saturated carbocycles. The van der Waals surface area contributed by atoms with Gasteiger partial charge in [0.25, 0.3) is 0 Å². The van der Waals surface area contributed by atoms with Crippen LogP contribution in [0, 0.1) is 0 Å². The van der Waals surface area contributed by atoms with Gasteiger partial charge in [-0.15, -0.1) is 0 Å². The molecule has 3 aromatic rings. The molecule has 1 aliphatic heterocycles. The van der Waals surface area contributed by atoms with Crippen LogP contribution in [0.5, 0.6) is 5.75 Å². The number of carbonyl (C=O) groups is 1. The summed E-state index contributed by atoms with van der Waals surface area (Å²) in [5.74, 6) is -1.71. The highest BCUT2D eigenvalue weighted by Gasteiger charge is 2.48. The predicted molar refractivity (Wildman–Crippen MR) is 113 cm³/mol. The summed E-state index contributed by atoms with van der Waals surface area (Å²) >= 11 is 1.05. The van der Waals surface area contributed by atoms with Gasteiger partial charge in [0.2, 0.25) is 4.93 Å². The van der Waals surface area contributed by atoms with Crippen LogP contribution in [-0.4, -0.2) is 19.3 Å². The van der Waals surface area contributed by atoms with E-state index < -0.39 is 17.1 Å². The maximum absolute atomic E-state index is 13.2. The first kappa shape index (κ1) is 21.1. The molecule has 3 nitrogen and oxygen atoms in total. The van der Waals surface area contributed by atoms with Gasteiger partial charge >= 0.3 is 12.1 Å². The third-order valence-electron chi connectivity index (χ3n) is 4.83. The Labute approximate surface area is 181 Å². The molecule has 0 N–H and O–H groups in total. The fraction of sp³-hybridized carbons (Fsp3) is 0.125. The van der Waals surface area contributed by atoms with Gasteiger partial charge in [-0.3, -0.25) is 0 Å². The highest BCUT2D eigenvalue weighted by Crippen LogP contribution is 2.53. The van der Waals surface area contributed by atoms with Crippen molar-refractivity contribution in [2.75, 3.05) is 7.11 Å². The molecular formula is C24H17F3O3S. The van der Waals surface area contributed by atoms with Crippen LogP contribution in [0.15, 0.2) is 89.8 Å². The molecule has 0 bridgehead atoms. The highest BCUT2D eigenvalue weighted by atomic mass is 32.2. The molecule has 3 aromatic carbocycles. The molecular weight excluding hydrogens is 425 g/mol. The van der Waals surface area contributed by atoms with Gasteiger partial charge in [-0.1, -0.05) is 72.4 Å². The number of hydrogen-bond acceptors (Lipinski definition) is 4. The third-order valence-corrected chi connectivity index (χ3v) is 6.14. The number of rotatable bonds is 4. The van der Waals surface area contributed by atoms with Crippen LogP contribution < -0.4 is 4.74 Å². The Kier molecular flexibility index (Phi) is 5.54. The first-order valence-corrected chi connectivity index (χ1v) is 10.2. The lowest BCUT2D eigenvalue weighted by Gasteiger charge is -2.36. The van der Waals surface area contributed by atoms with Crippen molar-refractivity contribution in [3.63, 3.8) is 0 Å². The van der Waals surface area contributed by atoms with Crippen LogP contribution in [0.25, 0.3) is 5.57 Å². The largest absolute Gasteiger partial charge is 0.497 e. The Morgan fingerprint density at radius 1 is 0.903 bits per heavy atom. The molecule has 158 valence electrons. The summed E-state index contributed by atoms with van der Waals surface area (Å²) in [4.78, 5) is 11.0. The Morgan fingerprint density at radius 3 is 2.19 bits per heavy atom. The van der Waals surface area contributed by atoms with Gasteiger partial charge in [-0.2, -0.15) is 13.2 Å². The van der Waals surface area contributed by atoms with Crippen molar-refractivity contribution in [2.45, 2.75) is 16.0 Å². The molecule has 1 heterocycles. The zero-order valence-electron chi connectivity index (χ0n) is 16.3. The first-order chi connectivity index (χ1) is 14.8. The van der Waals surface area contributed by atoms with Gasteiger partial charge in [0.1, 0.15) is 5.75 Å². The summed E-state index contributed by atoms with van der Waals surface area (Å²) in [7, 11) is 1.49. The molecule has 0 spiro atoms. The molecule has 0 amide bonds.